The molecule has 0 atom stereocenters. The van der Waals surface area contributed by atoms with Crippen LogP contribution in [0.3, 0.4) is 0 Å². The van der Waals surface area contributed by atoms with Crippen molar-refractivity contribution in [2.24, 2.45) is 5.92 Å². The van der Waals surface area contributed by atoms with E-state index in [9.17, 15) is 4.79 Å². The number of anilines is 1. The molecule has 1 rings (SSSR count). The third kappa shape index (κ3) is 5.87. The molecule has 0 spiro atoms. The summed E-state index contributed by atoms with van der Waals surface area (Å²) >= 11 is 6.84. The van der Waals surface area contributed by atoms with E-state index in [4.69, 9.17) is 0 Å². The number of amides is 1. The molecular weight excluding hydrogens is 360 g/mol. The zero-order chi connectivity index (χ0) is 13.5. The number of nitrogens with one attached hydrogen (secondary N) is 2. The largest absolute Gasteiger partial charge is 0.375 e. The van der Waals surface area contributed by atoms with Gasteiger partial charge in [-0.05, 0) is 46.5 Å². The summed E-state index contributed by atoms with van der Waals surface area (Å²) in [6.45, 7) is 5.30. The second kappa shape index (κ2) is 7.79. The molecule has 3 nitrogen and oxygen atoms in total. The van der Waals surface area contributed by atoms with Gasteiger partial charge in [0.15, 0.2) is 0 Å². The first-order chi connectivity index (χ1) is 8.49. The predicted molar refractivity (Wildman–Crippen MR) is 82.8 cm³/mol. The second-order valence-corrected chi connectivity index (χ2v) is 6.28. The molecule has 0 aliphatic carbocycles. The lowest BCUT2D eigenvalue weighted by Crippen LogP contribution is -2.31. The van der Waals surface area contributed by atoms with Gasteiger partial charge in [0.2, 0.25) is 5.91 Å². The highest BCUT2D eigenvalue weighted by molar-refractivity contribution is 9.11. The lowest BCUT2D eigenvalue weighted by atomic mass is 10.1. The Hall–Kier alpha value is -0.550. The average Bonchev–Trinajstić information content (AvgIpc) is 2.30. The van der Waals surface area contributed by atoms with Gasteiger partial charge in [0.05, 0.1) is 6.54 Å². The Morgan fingerprint density at radius 2 is 2.06 bits per heavy atom. The van der Waals surface area contributed by atoms with Crippen molar-refractivity contribution in [3.05, 3.63) is 27.1 Å². The van der Waals surface area contributed by atoms with Gasteiger partial charge in [-0.25, -0.2) is 0 Å². The number of rotatable bonds is 6. The van der Waals surface area contributed by atoms with E-state index in [0.29, 0.717) is 5.92 Å². The fourth-order valence-electron chi connectivity index (χ4n) is 1.37. The molecule has 2 N–H and O–H groups in total. The predicted octanol–water partition coefficient (Wildman–Crippen LogP) is 3.79. The van der Waals surface area contributed by atoms with Gasteiger partial charge >= 0.3 is 0 Å². The average molecular weight is 378 g/mol. The Morgan fingerprint density at radius 1 is 1.33 bits per heavy atom. The Morgan fingerprint density at radius 3 is 2.72 bits per heavy atom. The summed E-state index contributed by atoms with van der Waals surface area (Å²) in [5, 5.41) is 5.99. The van der Waals surface area contributed by atoms with Crippen LogP contribution in [0.4, 0.5) is 5.69 Å². The Balaban J connectivity index is 2.36. The SMILES string of the molecule is CC(C)CCNC(=O)CNc1cc(Br)ccc1Br. The third-order valence-electron chi connectivity index (χ3n) is 2.41. The zero-order valence-electron chi connectivity index (χ0n) is 10.6. The summed E-state index contributed by atoms with van der Waals surface area (Å²) in [4.78, 5) is 11.6. The third-order valence-corrected chi connectivity index (χ3v) is 3.60. The topological polar surface area (TPSA) is 41.1 Å². The summed E-state index contributed by atoms with van der Waals surface area (Å²) in [5.74, 6) is 0.625. The lowest BCUT2D eigenvalue weighted by molar-refractivity contribution is -0.119. The Kier molecular flexibility index (Phi) is 6.71. The molecule has 5 heteroatoms. The van der Waals surface area contributed by atoms with Gasteiger partial charge in [-0.3, -0.25) is 4.79 Å². The van der Waals surface area contributed by atoms with E-state index in [0.717, 1.165) is 27.6 Å². The smallest absolute Gasteiger partial charge is 0.239 e. The normalized spacial score (nSPS) is 10.5. The molecule has 0 aliphatic heterocycles. The Labute approximate surface area is 125 Å². The summed E-state index contributed by atoms with van der Waals surface area (Å²) in [5.41, 5.74) is 0.906. The van der Waals surface area contributed by atoms with Crippen molar-refractivity contribution >= 4 is 43.5 Å². The fourth-order valence-corrected chi connectivity index (χ4v) is 2.12. The van der Waals surface area contributed by atoms with Crippen molar-refractivity contribution in [2.75, 3.05) is 18.4 Å². The molecule has 1 aromatic carbocycles. The van der Waals surface area contributed by atoms with Crippen molar-refractivity contribution in [2.45, 2.75) is 20.3 Å². The van der Waals surface area contributed by atoms with Crippen LogP contribution in [0.2, 0.25) is 0 Å². The molecule has 1 amide bonds. The van der Waals surface area contributed by atoms with Crippen molar-refractivity contribution in [1.82, 2.24) is 5.32 Å². The molecule has 0 heterocycles. The molecule has 0 aromatic heterocycles. The number of hydrogen-bond donors (Lipinski definition) is 2. The van der Waals surface area contributed by atoms with Crippen LogP contribution in [-0.4, -0.2) is 19.0 Å². The van der Waals surface area contributed by atoms with Gasteiger partial charge in [0.25, 0.3) is 0 Å². The van der Waals surface area contributed by atoms with Crippen LogP contribution >= 0.6 is 31.9 Å². The van der Waals surface area contributed by atoms with Crippen LogP contribution in [0.15, 0.2) is 27.1 Å². The zero-order valence-corrected chi connectivity index (χ0v) is 13.8. The van der Waals surface area contributed by atoms with Crippen LogP contribution < -0.4 is 10.6 Å². The monoisotopic (exact) mass is 376 g/mol. The molecule has 100 valence electrons. The van der Waals surface area contributed by atoms with Crippen LogP contribution in [0.5, 0.6) is 0 Å². The van der Waals surface area contributed by atoms with Gasteiger partial charge in [0.1, 0.15) is 0 Å². The maximum absolute atomic E-state index is 11.6. The van der Waals surface area contributed by atoms with E-state index in [1.165, 1.54) is 0 Å². The maximum atomic E-state index is 11.6. The van der Waals surface area contributed by atoms with Crippen molar-refractivity contribution in [3.63, 3.8) is 0 Å². The van der Waals surface area contributed by atoms with Gasteiger partial charge in [0, 0.05) is 21.2 Å². The summed E-state index contributed by atoms with van der Waals surface area (Å²) in [7, 11) is 0. The highest BCUT2D eigenvalue weighted by atomic mass is 79.9. The number of hydrogen-bond acceptors (Lipinski definition) is 2. The molecule has 1 aromatic rings. The van der Waals surface area contributed by atoms with Gasteiger partial charge < -0.3 is 10.6 Å². The quantitative estimate of drug-likeness (QED) is 0.791. The maximum Gasteiger partial charge on any atom is 0.239 e. The Bertz CT molecular complexity index is 408. The molecule has 0 aliphatic rings. The summed E-state index contributed by atoms with van der Waals surface area (Å²) in [6.07, 6.45) is 1.01. The number of carbonyl (C=O) groups excluding carboxylic acids is 1. The van der Waals surface area contributed by atoms with E-state index >= 15 is 0 Å². The highest BCUT2D eigenvalue weighted by Gasteiger charge is 2.04. The molecule has 0 saturated heterocycles. The van der Waals surface area contributed by atoms with E-state index in [1.54, 1.807) is 0 Å². The fraction of sp³-hybridized carbons (Fsp3) is 0.462. The van der Waals surface area contributed by atoms with Crippen LogP contribution in [-0.2, 0) is 4.79 Å². The number of halogens is 2. The first-order valence-electron chi connectivity index (χ1n) is 5.94. The van der Waals surface area contributed by atoms with Gasteiger partial charge in [-0.2, -0.15) is 0 Å². The highest BCUT2D eigenvalue weighted by Crippen LogP contribution is 2.25. The molecule has 0 radical (unpaired) electrons. The van der Waals surface area contributed by atoms with Gasteiger partial charge in [-0.1, -0.05) is 29.8 Å². The lowest BCUT2D eigenvalue weighted by Gasteiger charge is -2.10. The minimum Gasteiger partial charge on any atom is -0.375 e. The molecule has 18 heavy (non-hydrogen) atoms. The van der Waals surface area contributed by atoms with E-state index in [-0.39, 0.29) is 12.5 Å². The standard InChI is InChI=1S/C13H18Br2N2O/c1-9(2)5-6-16-13(18)8-17-12-7-10(14)3-4-11(12)15/h3-4,7,9,17H,5-6,8H2,1-2H3,(H,16,18). The van der Waals surface area contributed by atoms with Crippen LogP contribution in [0, 0.1) is 5.92 Å². The minimum absolute atomic E-state index is 0.0162. The molecule has 0 bridgehead atoms. The van der Waals surface area contributed by atoms with Crippen LogP contribution in [0.25, 0.3) is 0 Å². The van der Waals surface area contributed by atoms with Gasteiger partial charge in [-0.15, -0.1) is 0 Å². The van der Waals surface area contributed by atoms with Crippen molar-refractivity contribution < 1.29 is 4.79 Å². The van der Waals surface area contributed by atoms with E-state index in [2.05, 4.69) is 56.3 Å². The second-order valence-electron chi connectivity index (χ2n) is 4.51. The van der Waals surface area contributed by atoms with E-state index in [1.807, 2.05) is 18.2 Å². The summed E-state index contributed by atoms with van der Waals surface area (Å²) in [6, 6.07) is 5.81. The van der Waals surface area contributed by atoms with E-state index < -0.39 is 0 Å². The minimum atomic E-state index is 0.0162. The molecule has 0 unspecified atom stereocenters. The summed E-state index contributed by atoms with van der Waals surface area (Å²) < 4.78 is 1.93. The van der Waals surface area contributed by atoms with Crippen LogP contribution in [0.1, 0.15) is 20.3 Å². The molecule has 0 saturated carbocycles. The van der Waals surface area contributed by atoms with Crippen molar-refractivity contribution in [3.8, 4) is 0 Å². The number of benzene rings is 1. The first-order valence-corrected chi connectivity index (χ1v) is 7.53. The van der Waals surface area contributed by atoms with Crippen molar-refractivity contribution in [1.29, 1.82) is 0 Å². The molecule has 0 fully saturated rings. The number of carbonyl (C=O) groups is 1. The first kappa shape index (κ1) is 15.5. The molecular formula is C13H18Br2N2O.